The lowest BCUT2D eigenvalue weighted by Crippen LogP contribution is -2.18. The van der Waals surface area contributed by atoms with Gasteiger partial charge in [0.2, 0.25) is 5.91 Å². The van der Waals surface area contributed by atoms with Gasteiger partial charge in [-0.05, 0) is 42.3 Å². The van der Waals surface area contributed by atoms with Crippen molar-refractivity contribution in [3.05, 3.63) is 59.2 Å². The third-order valence-electron chi connectivity index (χ3n) is 4.34. The second-order valence-corrected chi connectivity index (χ2v) is 9.55. The average Bonchev–Trinajstić information content (AvgIpc) is 3.19. The number of nitrogens with one attached hydrogen (secondary N) is 2. The summed E-state index contributed by atoms with van der Waals surface area (Å²) >= 11 is 3.90. The number of hydrogen-bond acceptors (Lipinski definition) is 4. The Morgan fingerprint density at radius 2 is 1.67 bits per heavy atom. The highest BCUT2D eigenvalue weighted by atomic mass is 32.2. The fraction of sp³-hybridized carbons (Fsp3) is 0.333. The Kier molecular flexibility index (Phi) is 6.50. The van der Waals surface area contributed by atoms with Gasteiger partial charge in [0.25, 0.3) is 5.91 Å². The van der Waals surface area contributed by atoms with E-state index in [1.165, 1.54) is 17.1 Å². The van der Waals surface area contributed by atoms with Crippen molar-refractivity contribution in [2.45, 2.75) is 25.4 Å². The van der Waals surface area contributed by atoms with Crippen molar-refractivity contribution < 1.29 is 9.59 Å². The molecule has 2 aromatic carbocycles. The van der Waals surface area contributed by atoms with Gasteiger partial charge < -0.3 is 10.6 Å². The molecule has 0 unspecified atom stereocenters. The number of anilines is 2. The average molecular weight is 401 g/mol. The minimum Gasteiger partial charge on any atom is -0.326 e. The van der Waals surface area contributed by atoms with Crippen LogP contribution in [-0.4, -0.2) is 23.3 Å². The molecule has 1 fully saturated rings. The summed E-state index contributed by atoms with van der Waals surface area (Å²) in [5.74, 6) is 2.07. The molecule has 2 N–H and O–H groups in total. The van der Waals surface area contributed by atoms with E-state index in [0.29, 0.717) is 21.5 Å². The quantitative estimate of drug-likeness (QED) is 0.713. The summed E-state index contributed by atoms with van der Waals surface area (Å²) in [6, 6.07) is 13.4. The molecule has 0 atom stereocenters. The fourth-order valence-corrected chi connectivity index (χ4v) is 5.52. The van der Waals surface area contributed by atoms with Crippen molar-refractivity contribution in [2.75, 3.05) is 22.1 Å². The second kappa shape index (κ2) is 8.85. The number of aryl methyl sites for hydroxylation is 1. The number of benzene rings is 2. The normalized spacial score (nSPS) is 14.4. The number of carbonyl (C=O) groups is 2. The van der Waals surface area contributed by atoms with Gasteiger partial charge in [-0.15, -0.1) is 23.5 Å². The smallest absolute Gasteiger partial charge is 0.255 e. The molecule has 2 amide bonds. The summed E-state index contributed by atoms with van der Waals surface area (Å²) < 4.78 is 0.477. The van der Waals surface area contributed by atoms with Crippen LogP contribution >= 0.6 is 23.5 Å². The van der Waals surface area contributed by atoms with Crippen LogP contribution < -0.4 is 10.6 Å². The number of carbonyl (C=O) groups excluding carboxylic acids is 2. The van der Waals surface area contributed by atoms with Gasteiger partial charge in [0.1, 0.15) is 0 Å². The van der Waals surface area contributed by atoms with E-state index in [1.807, 2.05) is 80.7 Å². The lowest BCUT2D eigenvalue weighted by molar-refractivity contribution is -0.118. The van der Waals surface area contributed by atoms with Crippen LogP contribution in [0.1, 0.15) is 39.9 Å². The number of rotatable bonds is 5. The largest absolute Gasteiger partial charge is 0.326 e. The highest BCUT2D eigenvalue weighted by Gasteiger charge is 2.18. The molecule has 2 aromatic rings. The van der Waals surface area contributed by atoms with Crippen LogP contribution in [0.25, 0.3) is 0 Å². The molecule has 1 heterocycles. The molecule has 0 aliphatic carbocycles. The third kappa shape index (κ3) is 5.08. The molecule has 6 heteroatoms. The topological polar surface area (TPSA) is 58.2 Å². The van der Waals surface area contributed by atoms with Crippen molar-refractivity contribution in [1.82, 2.24) is 0 Å². The van der Waals surface area contributed by atoms with E-state index < -0.39 is 0 Å². The van der Waals surface area contributed by atoms with Gasteiger partial charge in [0, 0.05) is 34.4 Å². The maximum absolute atomic E-state index is 12.6. The van der Waals surface area contributed by atoms with Crippen LogP contribution in [0.3, 0.4) is 0 Å². The van der Waals surface area contributed by atoms with Crippen LogP contribution in [0.2, 0.25) is 0 Å². The molecule has 142 valence electrons. The van der Waals surface area contributed by atoms with Crippen molar-refractivity contribution >= 4 is 46.7 Å². The Morgan fingerprint density at radius 3 is 2.30 bits per heavy atom. The summed E-state index contributed by atoms with van der Waals surface area (Å²) in [5, 5.41) is 5.82. The third-order valence-corrected chi connectivity index (χ3v) is 7.45. The number of thioether (sulfide) groups is 2. The van der Waals surface area contributed by atoms with E-state index in [1.54, 1.807) is 6.07 Å². The highest BCUT2D eigenvalue weighted by molar-refractivity contribution is 8.19. The molecule has 4 nitrogen and oxygen atoms in total. The monoisotopic (exact) mass is 400 g/mol. The number of amides is 2. The minimum atomic E-state index is -0.149. The van der Waals surface area contributed by atoms with Gasteiger partial charge >= 0.3 is 0 Å². The maximum Gasteiger partial charge on any atom is 0.255 e. The van der Waals surface area contributed by atoms with E-state index in [9.17, 15) is 9.59 Å². The minimum absolute atomic E-state index is 0.0469. The van der Waals surface area contributed by atoms with Crippen molar-refractivity contribution in [3.8, 4) is 0 Å². The van der Waals surface area contributed by atoms with Gasteiger partial charge in [-0.25, -0.2) is 0 Å². The first kappa shape index (κ1) is 19.8. The first-order valence-corrected chi connectivity index (χ1v) is 11.1. The van der Waals surface area contributed by atoms with Gasteiger partial charge in [-0.1, -0.05) is 32.0 Å². The molecule has 1 aliphatic heterocycles. The lowest BCUT2D eigenvalue weighted by atomic mass is 10.1. The predicted octanol–water partition coefficient (Wildman–Crippen LogP) is 5.32. The highest BCUT2D eigenvalue weighted by Crippen LogP contribution is 2.45. The Balaban J connectivity index is 1.70. The van der Waals surface area contributed by atoms with E-state index in [-0.39, 0.29) is 17.7 Å². The summed E-state index contributed by atoms with van der Waals surface area (Å²) in [5.41, 5.74) is 4.21. The fourth-order valence-electron chi connectivity index (χ4n) is 2.66. The summed E-state index contributed by atoms with van der Waals surface area (Å²) in [7, 11) is 0. The van der Waals surface area contributed by atoms with E-state index >= 15 is 0 Å². The first-order chi connectivity index (χ1) is 12.9. The van der Waals surface area contributed by atoms with Crippen LogP contribution in [0.4, 0.5) is 11.4 Å². The first-order valence-electron chi connectivity index (χ1n) is 9.00. The van der Waals surface area contributed by atoms with Gasteiger partial charge in [0.05, 0.1) is 4.58 Å². The summed E-state index contributed by atoms with van der Waals surface area (Å²) in [4.78, 5) is 24.5. The molecular weight excluding hydrogens is 376 g/mol. The summed E-state index contributed by atoms with van der Waals surface area (Å²) in [6.45, 7) is 5.62. The zero-order valence-corrected chi connectivity index (χ0v) is 17.4. The SMILES string of the molecule is Cc1ccc(NC(=O)C(C)C)cc1NC(=O)c1ccc(C2SCCS2)cc1. The second-order valence-electron chi connectivity index (χ2n) is 6.82. The standard InChI is InChI=1S/C21H24N2O2S2/c1-13(2)19(24)22-17-9-4-14(3)18(12-17)23-20(25)15-5-7-16(8-6-15)21-26-10-11-27-21/h4-9,12-13,21H,10-11H2,1-3H3,(H,22,24)(H,23,25). The van der Waals surface area contributed by atoms with Crippen LogP contribution in [0.15, 0.2) is 42.5 Å². The van der Waals surface area contributed by atoms with Gasteiger partial charge in [-0.2, -0.15) is 0 Å². The zero-order chi connectivity index (χ0) is 19.4. The molecule has 0 radical (unpaired) electrons. The Bertz CT molecular complexity index is 829. The Morgan fingerprint density at radius 1 is 1.00 bits per heavy atom. The van der Waals surface area contributed by atoms with Crippen LogP contribution in [0, 0.1) is 12.8 Å². The van der Waals surface area contributed by atoms with Crippen molar-refractivity contribution in [3.63, 3.8) is 0 Å². The Labute approximate surface area is 168 Å². The van der Waals surface area contributed by atoms with Gasteiger partial charge in [0.15, 0.2) is 0 Å². The van der Waals surface area contributed by atoms with E-state index in [2.05, 4.69) is 10.6 Å². The van der Waals surface area contributed by atoms with Crippen LogP contribution in [-0.2, 0) is 4.79 Å². The maximum atomic E-state index is 12.6. The molecule has 0 aromatic heterocycles. The van der Waals surface area contributed by atoms with E-state index in [0.717, 1.165) is 5.56 Å². The van der Waals surface area contributed by atoms with Crippen LogP contribution in [0.5, 0.6) is 0 Å². The molecule has 3 rings (SSSR count). The molecule has 27 heavy (non-hydrogen) atoms. The lowest BCUT2D eigenvalue weighted by Gasteiger charge is -2.13. The zero-order valence-electron chi connectivity index (χ0n) is 15.7. The van der Waals surface area contributed by atoms with Crippen molar-refractivity contribution in [2.24, 2.45) is 5.92 Å². The molecule has 1 aliphatic rings. The van der Waals surface area contributed by atoms with Gasteiger partial charge in [-0.3, -0.25) is 9.59 Å². The molecular formula is C21H24N2O2S2. The predicted molar refractivity (Wildman–Crippen MR) is 117 cm³/mol. The molecule has 0 saturated carbocycles. The Hall–Kier alpha value is -1.92. The van der Waals surface area contributed by atoms with E-state index in [4.69, 9.17) is 0 Å². The molecule has 0 spiro atoms. The summed E-state index contributed by atoms with van der Waals surface area (Å²) in [6.07, 6.45) is 0. The molecule has 1 saturated heterocycles. The number of hydrogen-bond donors (Lipinski definition) is 2. The van der Waals surface area contributed by atoms with Crippen molar-refractivity contribution in [1.29, 1.82) is 0 Å². The molecule has 0 bridgehead atoms.